The number of aromatic nitrogens is 1. The molecule has 1 aromatic heterocycles. The Kier molecular flexibility index (Phi) is 11.8. The number of fused-ring (bicyclic) bond motifs is 1. The van der Waals surface area contributed by atoms with Crippen molar-refractivity contribution in [3.63, 3.8) is 0 Å². The third-order valence-corrected chi connectivity index (χ3v) is 12.1. The first kappa shape index (κ1) is 39.0. The molecule has 3 aromatic rings. The van der Waals surface area contributed by atoms with Gasteiger partial charge >= 0.3 is 6.09 Å². The predicted molar refractivity (Wildman–Crippen MR) is 208 cm³/mol. The maximum Gasteiger partial charge on any atom is 0.408 e. The number of hydrogen-bond donors (Lipinski definition) is 3. The standard InChI is InChI=1S/C39H49N4O7P.H2O.3H2/c1-7-25-22-39(25,51(6)47)42-35(44)32-20-28(23-43(32)36(45)34(38(2,3)4)41-37(46)50-26-15-11-12-16-26)49-33-21-30(24-13-9-8-10-14-24)40-31-19-27(48-5)17-18-29(31)33;;;;/h7-10,13-14,17-19,21,25-26,28,32,34,47H,1,11-12,15-16,20,22-23H2,2-6H3,(H,41,46)(H,42,44);1H2;3*1H/t25-,28-,32+,34-,39+,51?;;;;/m1..../s1. The number of alkyl carbamates (subject to hydrolysis) is 1. The third-order valence-electron chi connectivity index (χ3n) is 10.3. The first-order valence-electron chi connectivity index (χ1n) is 17.7. The van der Waals surface area contributed by atoms with Gasteiger partial charge in [0.15, 0.2) is 0 Å². The lowest BCUT2D eigenvalue weighted by atomic mass is 9.85. The Hall–Kier alpha value is -4.25. The van der Waals surface area contributed by atoms with Gasteiger partial charge in [0.05, 0.1) is 30.1 Å². The van der Waals surface area contributed by atoms with Crippen LogP contribution in [0.2, 0.25) is 0 Å². The van der Waals surface area contributed by atoms with Gasteiger partial charge in [-0.15, -0.1) is 6.58 Å². The van der Waals surface area contributed by atoms with Gasteiger partial charge in [-0.1, -0.05) is 57.2 Å². The van der Waals surface area contributed by atoms with Crippen LogP contribution in [0.15, 0.2) is 67.3 Å². The molecule has 2 aromatic carbocycles. The van der Waals surface area contributed by atoms with Crippen molar-refractivity contribution < 1.29 is 43.2 Å². The van der Waals surface area contributed by atoms with E-state index in [4.69, 9.17) is 19.2 Å². The number of ether oxygens (including phenoxy) is 3. The number of nitrogens with zero attached hydrogens (tertiary/aromatic N) is 2. The van der Waals surface area contributed by atoms with Crippen LogP contribution in [0.3, 0.4) is 0 Å². The molecule has 3 amide bonds. The summed E-state index contributed by atoms with van der Waals surface area (Å²) < 4.78 is 17.9. The first-order chi connectivity index (χ1) is 24.3. The summed E-state index contributed by atoms with van der Waals surface area (Å²) in [7, 11) is 0.0685. The minimum Gasteiger partial charge on any atom is -0.497 e. The zero-order valence-corrected chi connectivity index (χ0v) is 31.4. The molecule has 2 heterocycles. The number of carbonyl (C=O) groups excluding carboxylic acids is 3. The van der Waals surface area contributed by atoms with Crippen LogP contribution >= 0.6 is 8.15 Å². The van der Waals surface area contributed by atoms with Crippen molar-refractivity contribution in [3.8, 4) is 22.8 Å². The van der Waals surface area contributed by atoms with E-state index in [0.29, 0.717) is 29.1 Å². The second-order valence-corrected chi connectivity index (χ2v) is 16.8. The Labute approximate surface area is 310 Å². The van der Waals surface area contributed by atoms with Crippen molar-refractivity contribution in [2.75, 3.05) is 20.3 Å². The summed E-state index contributed by atoms with van der Waals surface area (Å²) in [6, 6.07) is 15.3. The topological polar surface area (TPSA) is 171 Å². The largest absolute Gasteiger partial charge is 0.497 e. The summed E-state index contributed by atoms with van der Waals surface area (Å²) >= 11 is 0. The smallest absolute Gasteiger partial charge is 0.408 e. The Morgan fingerprint density at radius 3 is 2.44 bits per heavy atom. The predicted octanol–water partition coefficient (Wildman–Crippen LogP) is 6.29. The van der Waals surface area contributed by atoms with Crippen molar-refractivity contribution in [1.82, 2.24) is 20.5 Å². The Balaban J connectivity index is 0.00000261. The molecular weight excluding hydrogens is 683 g/mol. The van der Waals surface area contributed by atoms with Crippen LogP contribution in [-0.2, 0) is 14.3 Å². The average Bonchev–Trinajstić information content (AvgIpc) is 3.37. The maximum atomic E-state index is 14.6. The second-order valence-electron chi connectivity index (χ2n) is 15.0. The Bertz CT molecular complexity index is 1790. The average molecular weight is 741 g/mol. The monoisotopic (exact) mass is 740 g/mol. The third kappa shape index (κ3) is 8.19. The number of likely N-dealkylation sites (tertiary alicyclic amines) is 1. The summed E-state index contributed by atoms with van der Waals surface area (Å²) in [6.07, 6.45) is 4.75. The quantitative estimate of drug-likeness (QED) is 0.152. The second kappa shape index (κ2) is 15.8. The van der Waals surface area contributed by atoms with E-state index in [1.165, 1.54) is 4.90 Å². The molecule has 3 fully saturated rings. The lowest BCUT2D eigenvalue weighted by Gasteiger charge is -2.35. The fourth-order valence-electron chi connectivity index (χ4n) is 7.28. The molecule has 286 valence electrons. The molecule has 1 aliphatic heterocycles. The van der Waals surface area contributed by atoms with E-state index >= 15 is 0 Å². The van der Waals surface area contributed by atoms with Gasteiger partial charge in [-0.3, -0.25) is 9.59 Å². The van der Waals surface area contributed by atoms with Crippen molar-refractivity contribution in [3.05, 3.63) is 67.3 Å². The first-order valence-corrected chi connectivity index (χ1v) is 19.4. The van der Waals surface area contributed by atoms with Gasteiger partial charge in [0.2, 0.25) is 11.8 Å². The van der Waals surface area contributed by atoms with Crippen LogP contribution in [-0.4, -0.2) is 88.1 Å². The fraction of sp³-hybridized carbons (Fsp3) is 0.487. The van der Waals surface area contributed by atoms with Gasteiger partial charge in [-0.25, -0.2) is 9.78 Å². The highest BCUT2D eigenvalue weighted by molar-refractivity contribution is 7.52. The highest BCUT2D eigenvalue weighted by atomic mass is 31.1. The van der Waals surface area contributed by atoms with Gasteiger partial charge in [0.25, 0.3) is 0 Å². The summed E-state index contributed by atoms with van der Waals surface area (Å²) in [5, 5.41) is 5.91. The van der Waals surface area contributed by atoms with Crippen molar-refractivity contribution in [2.24, 2.45) is 11.3 Å². The van der Waals surface area contributed by atoms with Crippen LogP contribution in [0, 0.1) is 11.3 Å². The molecule has 5 N–H and O–H groups in total. The molecule has 2 aliphatic carbocycles. The molecule has 12 nitrogen and oxygen atoms in total. The van der Waals surface area contributed by atoms with Gasteiger partial charge < -0.3 is 40.1 Å². The molecule has 2 saturated carbocycles. The summed E-state index contributed by atoms with van der Waals surface area (Å²) in [4.78, 5) is 59.0. The Morgan fingerprint density at radius 1 is 1.12 bits per heavy atom. The molecule has 1 unspecified atom stereocenters. The number of carbonyl (C=O) groups is 3. The van der Waals surface area contributed by atoms with E-state index in [-0.39, 0.29) is 40.7 Å². The molecule has 13 heteroatoms. The zero-order valence-electron chi connectivity index (χ0n) is 30.6. The number of amides is 3. The minimum atomic E-state index is -1.53. The van der Waals surface area contributed by atoms with E-state index in [9.17, 15) is 19.3 Å². The van der Waals surface area contributed by atoms with E-state index in [1.807, 2.05) is 75.4 Å². The van der Waals surface area contributed by atoms with E-state index < -0.39 is 49.0 Å². The summed E-state index contributed by atoms with van der Waals surface area (Å²) in [5.74, 6) is 0.366. The molecule has 3 aliphatic rings. The highest BCUT2D eigenvalue weighted by Gasteiger charge is 2.59. The molecule has 0 spiro atoms. The van der Waals surface area contributed by atoms with Gasteiger partial charge in [0, 0.05) is 47.8 Å². The summed E-state index contributed by atoms with van der Waals surface area (Å²) in [5.41, 5.74) is 1.58. The fourth-order valence-corrected chi connectivity index (χ4v) is 8.60. The highest BCUT2D eigenvalue weighted by Crippen LogP contribution is 2.62. The van der Waals surface area contributed by atoms with Crippen LogP contribution in [0.5, 0.6) is 11.5 Å². The van der Waals surface area contributed by atoms with Gasteiger partial charge in [-0.05, 0) is 56.3 Å². The summed E-state index contributed by atoms with van der Waals surface area (Å²) in [6.45, 7) is 11.3. The SMILES string of the molecule is C=C[C@@H]1C[C@]1(NC(=O)[C@@H]1C[C@@H](Oc2cc(-c3ccccc3)nc3cc(OC)ccc23)CN1C(=O)[C@@H](NC(=O)OC1CCCC1)C(C)(C)C)P(C)O.O.[HH].[HH].[HH]. The number of pyridine rings is 1. The number of rotatable bonds is 11. The molecule has 6 rings (SSSR count). The zero-order chi connectivity index (χ0) is 36.5. The molecule has 0 bridgehead atoms. The normalized spacial score (nSPS) is 24.0. The van der Waals surface area contributed by atoms with Crippen LogP contribution in [0.1, 0.15) is 63.6 Å². The van der Waals surface area contributed by atoms with Crippen LogP contribution in [0.25, 0.3) is 22.2 Å². The number of hydrogen-bond acceptors (Lipinski definition) is 8. The Morgan fingerprint density at radius 2 is 1.83 bits per heavy atom. The van der Waals surface area contributed by atoms with Gasteiger partial charge in [0.1, 0.15) is 35.8 Å². The lowest BCUT2D eigenvalue weighted by Crippen LogP contribution is -2.58. The van der Waals surface area contributed by atoms with Crippen molar-refractivity contribution >= 4 is 37.0 Å². The van der Waals surface area contributed by atoms with Crippen molar-refractivity contribution in [2.45, 2.75) is 88.9 Å². The van der Waals surface area contributed by atoms with Crippen molar-refractivity contribution in [1.29, 1.82) is 0 Å². The lowest BCUT2D eigenvalue weighted by molar-refractivity contribution is -0.142. The molecule has 1 saturated heterocycles. The number of benzene rings is 2. The maximum absolute atomic E-state index is 14.6. The van der Waals surface area contributed by atoms with E-state index in [2.05, 4.69) is 17.2 Å². The van der Waals surface area contributed by atoms with Gasteiger partial charge in [-0.2, -0.15) is 0 Å². The van der Waals surface area contributed by atoms with Crippen LogP contribution in [0.4, 0.5) is 4.79 Å². The molecule has 0 radical (unpaired) electrons. The number of methoxy groups -OCH3 is 1. The van der Waals surface area contributed by atoms with E-state index in [1.54, 1.807) is 19.9 Å². The minimum absolute atomic E-state index is 0. The molecule has 52 heavy (non-hydrogen) atoms. The molecule has 6 atom stereocenters. The van der Waals surface area contributed by atoms with Crippen LogP contribution < -0.4 is 20.1 Å². The van der Waals surface area contributed by atoms with E-state index in [0.717, 1.165) is 36.6 Å². The molecular formula is C39H57N4O8P. The number of nitrogens with one attached hydrogen (secondary N) is 2.